The van der Waals surface area contributed by atoms with E-state index in [-0.39, 0.29) is 18.0 Å². The second kappa shape index (κ2) is 10.3. The van der Waals surface area contributed by atoms with Gasteiger partial charge in [0.25, 0.3) is 0 Å². The van der Waals surface area contributed by atoms with Crippen molar-refractivity contribution < 1.29 is 4.79 Å². The first-order valence-corrected chi connectivity index (χ1v) is 15.3. The number of benzene rings is 1. The lowest BCUT2D eigenvalue weighted by Gasteiger charge is -2.39. The monoisotopic (exact) mass is 476 g/mol. The highest BCUT2D eigenvalue weighted by atomic mass is 28.3. The molecule has 1 aromatic carbocycles. The van der Waals surface area contributed by atoms with Gasteiger partial charge in [-0.2, -0.15) is 0 Å². The Kier molecular flexibility index (Phi) is 8.00. The Morgan fingerprint density at radius 2 is 1.74 bits per heavy atom. The van der Waals surface area contributed by atoms with Crippen molar-refractivity contribution in [2.45, 2.75) is 95.4 Å². The van der Waals surface area contributed by atoms with Crippen LogP contribution in [0, 0.1) is 11.5 Å². The molecule has 0 aliphatic carbocycles. The fourth-order valence-corrected chi connectivity index (χ4v) is 12.2. The molecule has 0 radical (unpaired) electrons. The average molecular weight is 477 g/mol. The molecule has 34 heavy (non-hydrogen) atoms. The van der Waals surface area contributed by atoms with E-state index in [1.807, 2.05) is 23.1 Å². The van der Waals surface area contributed by atoms with Crippen molar-refractivity contribution in [2.24, 2.45) is 0 Å². The Balaban J connectivity index is 2.28. The molecule has 184 valence electrons. The number of hydrogen-bond donors (Lipinski definition) is 0. The molecule has 3 nitrogen and oxygen atoms in total. The van der Waals surface area contributed by atoms with Gasteiger partial charge in [-0.3, -0.25) is 9.69 Å². The van der Waals surface area contributed by atoms with E-state index in [1.54, 1.807) is 0 Å². The third-order valence-electron chi connectivity index (χ3n) is 8.41. The van der Waals surface area contributed by atoms with Crippen molar-refractivity contribution in [1.82, 2.24) is 4.90 Å². The van der Waals surface area contributed by atoms with E-state index in [0.717, 1.165) is 30.6 Å². The minimum Gasteiger partial charge on any atom is -0.311 e. The number of amides is 1. The number of carbonyl (C=O) groups excluding carboxylic acids is 1. The highest BCUT2D eigenvalue weighted by Gasteiger charge is 2.62. The molecule has 1 amide bonds. The summed E-state index contributed by atoms with van der Waals surface area (Å²) < 4.78 is 0. The zero-order valence-corrected chi connectivity index (χ0v) is 23.4. The van der Waals surface area contributed by atoms with E-state index in [2.05, 4.69) is 96.2 Å². The fraction of sp³-hybridized carbons (Fsp3) is 0.567. The van der Waals surface area contributed by atoms with Crippen molar-refractivity contribution in [2.75, 3.05) is 18.0 Å². The van der Waals surface area contributed by atoms with Gasteiger partial charge >= 0.3 is 0 Å². The third kappa shape index (κ3) is 3.91. The minimum atomic E-state index is -1.96. The maximum atomic E-state index is 14.3. The molecule has 0 bridgehead atoms. The highest BCUT2D eigenvalue weighted by molar-refractivity contribution is 6.90. The molecule has 1 spiro atoms. The van der Waals surface area contributed by atoms with Crippen LogP contribution in [0.1, 0.15) is 66.9 Å². The van der Waals surface area contributed by atoms with Crippen LogP contribution in [0.15, 0.2) is 49.6 Å². The number of anilines is 1. The molecule has 3 atom stereocenters. The van der Waals surface area contributed by atoms with Crippen LogP contribution in [-0.2, 0) is 10.2 Å². The van der Waals surface area contributed by atoms with Gasteiger partial charge in [0.1, 0.15) is 13.5 Å². The van der Waals surface area contributed by atoms with Crippen LogP contribution in [0.3, 0.4) is 0 Å². The second-order valence-electron chi connectivity index (χ2n) is 11.0. The van der Waals surface area contributed by atoms with Crippen LogP contribution in [0.25, 0.3) is 0 Å². The maximum Gasteiger partial charge on any atom is 0.240 e. The number of rotatable bonds is 8. The zero-order chi connectivity index (χ0) is 25.3. The van der Waals surface area contributed by atoms with Crippen LogP contribution in [0.5, 0.6) is 0 Å². The second-order valence-corrected chi connectivity index (χ2v) is 16.6. The number of nitrogens with zero attached hydrogens (tertiary/aromatic N) is 2. The number of likely N-dealkylation sites (tertiary alicyclic amines) is 1. The minimum absolute atomic E-state index is 0.0871. The smallest absolute Gasteiger partial charge is 0.240 e. The highest BCUT2D eigenvalue weighted by Crippen LogP contribution is 2.53. The van der Waals surface area contributed by atoms with Crippen LogP contribution < -0.4 is 4.90 Å². The first kappa shape index (κ1) is 26.5. The molecule has 0 unspecified atom stereocenters. The number of carbonyl (C=O) groups is 1. The standard InChI is InChI=1S/C30H44N2OSi/c1-10-18-31-25(12-3)21-30(26-15-13-14-16-27(26)32(19-11-2)29(30)33)28(31)17-20-34(22(4)5,23(6)7)24(8)9/h10,12-16,22-25,28H,1,3,11,18-19,21H2,2,4-9H3/t25-,28+,30+/m1/s1. The maximum absolute atomic E-state index is 14.3. The molecular weight excluding hydrogens is 432 g/mol. The fourth-order valence-electron chi connectivity index (χ4n) is 6.93. The summed E-state index contributed by atoms with van der Waals surface area (Å²) in [5.74, 6) is 4.03. The lowest BCUT2D eigenvalue weighted by molar-refractivity contribution is -0.123. The van der Waals surface area contributed by atoms with Gasteiger partial charge in [0.05, 0.1) is 6.04 Å². The van der Waals surface area contributed by atoms with E-state index < -0.39 is 13.5 Å². The Hall–Kier alpha value is -2.09. The summed E-state index contributed by atoms with van der Waals surface area (Å²) in [4.78, 5) is 18.7. The van der Waals surface area contributed by atoms with Gasteiger partial charge in [-0.1, -0.05) is 84.7 Å². The molecule has 0 aromatic heterocycles. The number of para-hydroxylation sites is 1. The SMILES string of the molecule is C=CCN1[C@H](C=C)C[C@@]2(C(=O)N(CCC)c3ccccc32)[C@@H]1C#C[Si](C(C)C)(C(C)C)C(C)C. The Morgan fingerprint density at radius 1 is 1.12 bits per heavy atom. The summed E-state index contributed by atoms with van der Waals surface area (Å²) in [6.45, 7) is 25.8. The largest absolute Gasteiger partial charge is 0.311 e. The normalized spacial score (nSPS) is 24.8. The van der Waals surface area contributed by atoms with Crippen LogP contribution in [0.4, 0.5) is 5.69 Å². The molecular formula is C30H44N2OSi. The molecule has 1 aromatic rings. The number of hydrogen-bond acceptors (Lipinski definition) is 2. The van der Waals surface area contributed by atoms with E-state index in [0.29, 0.717) is 23.2 Å². The van der Waals surface area contributed by atoms with Crippen LogP contribution in [0.2, 0.25) is 16.6 Å². The van der Waals surface area contributed by atoms with Gasteiger partial charge in [0.2, 0.25) is 5.91 Å². The van der Waals surface area contributed by atoms with Gasteiger partial charge in [-0.25, -0.2) is 0 Å². The predicted octanol–water partition coefficient (Wildman–Crippen LogP) is 6.72. The molecule has 2 heterocycles. The first-order valence-electron chi connectivity index (χ1n) is 13.1. The zero-order valence-electron chi connectivity index (χ0n) is 22.4. The van der Waals surface area contributed by atoms with Gasteiger partial charge in [0, 0.05) is 24.8 Å². The van der Waals surface area contributed by atoms with E-state index in [9.17, 15) is 4.79 Å². The van der Waals surface area contributed by atoms with Crippen molar-refractivity contribution >= 4 is 19.7 Å². The molecule has 0 saturated carbocycles. The molecule has 4 heteroatoms. The molecule has 2 aliphatic heterocycles. The van der Waals surface area contributed by atoms with Crippen LogP contribution in [-0.4, -0.2) is 44.1 Å². The quantitative estimate of drug-likeness (QED) is 0.236. The summed E-state index contributed by atoms with van der Waals surface area (Å²) in [6, 6.07) is 8.28. The van der Waals surface area contributed by atoms with Gasteiger partial charge in [-0.05, 0) is 41.1 Å². The number of fused-ring (bicyclic) bond motifs is 2. The molecule has 1 saturated heterocycles. The summed E-state index contributed by atoms with van der Waals surface area (Å²) in [7, 11) is -1.96. The average Bonchev–Trinajstić information content (AvgIpc) is 3.22. The van der Waals surface area contributed by atoms with E-state index >= 15 is 0 Å². The van der Waals surface area contributed by atoms with Crippen molar-refractivity contribution in [3.8, 4) is 11.5 Å². The molecule has 3 rings (SSSR count). The Morgan fingerprint density at radius 3 is 2.26 bits per heavy atom. The summed E-state index contributed by atoms with van der Waals surface area (Å²) in [5.41, 5.74) is 7.13. The summed E-state index contributed by atoms with van der Waals surface area (Å²) in [5, 5.41) is 0. The first-order chi connectivity index (χ1) is 16.1. The van der Waals surface area contributed by atoms with E-state index in [4.69, 9.17) is 0 Å². The predicted molar refractivity (Wildman–Crippen MR) is 149 cm³/mol. The summed E-state index contributed by atoms with van der Waals surface area (Å²) >= 11 is 0. The molecule has 1 fully saturated rings. The molecule has 2 aliphatic rings. The topological polar surface area (TPSA) is 23.6 Å². The van der Waals surface area contributed by atoms with E-state index in [1.165, 1.54) is 0 Å². The van der Waals surface area contributed by atoms with Crippen molar-refractivity contribution in [1.29, 1.82) is 0 Å². The Bertz CT molecular complexity index is 963. The lowest BCUT2D eigenvalue weighted by Crippen LogP contribution is -2.50. The van der Waals surface area contributed by atoms with Crippen molar-refractivity contribution in [3.63, 3.8) is 0 Å². The Labute approximate surface area is 209 Å². The lowest BCUT2D eigenvalue weighted by atomic mass is 9.74. The van der Waals surface area contributed by atoms with Crippen molar-refractivity contribution in [3.05, 3.63) is 55.1 Å². The van der Waals surface area contributed by atoms with Gasteiger partial charge < -0.3 is 4.90 Å². The third-order valence-corrected chi connectivity index (χ3v) is 14.7. The van der Waals surface area contributed by atoms with Crippen LogP contribution >= 0.6 is 0 Å². The van der Waals surface area contributed by atoms with Gasteiger partial charge in [-0.15, -0.1) is 18.7 Å². The summed E-state index contributed by atoms with van der Waals surface area (Å²) in [6.07, 6.45) is 5.60. The molecule has 0 N–H and O–H groups in total. The van der Waals surface area contributed by atoms with Gasteiger partial charge in [0.15, 0.2) is 0 Å².